The first-order chi connectivity index (χ1) is 9.99. The van der Waals surface area contributed by atoms with Crippen LogP contribution in [0, 0.1) is 0 Å². The van der Waals surface area contributed by atoms with E-state index in [0.29, 0.717) is 19.1 Å². The van der Waals surface area contributed by atoms with Crippen molar-refractivity contribution >= 4 is 5.97 Å². The third-order valence-corrected chi connectivity index (χ3v) is 4.27. The third-order valence-electron chi connectivity index (χ3n) is 4.27. The molecule has 2 atom stereocenters. The lowest BCUT2D eigenvalue weighted by Crippen LogP contribution is -2.47. The summed E-state index contributed by atoms with van der Waals surface area (Å²) >= 11 is 0. The van der Waals surface area contributed by atoms with Gasteiger partial charge in [-0.15, -0.1) is 0 Å². The fraction of sp³-hybridized carbons (Fsp3) is 0.588. The molecule has 21 heavy (non-hydrogen) atoms. The Hall–Kier alpha value is -1.39. The number of carboxylic acid groups (broad SMARTS) is 1. The maximum absolute atomic E-state index is 11.0. The highest BCUT2D eigenvalue weighted by Gasteiger charge is 2.29. The van der Waals surface area contributed by atoms with Crippen LogP contribution in [0.1, 0.15) is 50.3 Å². The molecule has 0 aromatic heterocycles. The van der Waals surface area contributed by atoms with Crippen LogP contribution in [0.25, 0.3) is 0 Å². The molecule has 1 N–H and O–H groups in total. The van der Waals surface area contributed by atoms with Gasteiger partial charge in [-0.1, -0.05) is 38.1 Å². The largest absolute Gasteiger partial charge is 0.481 e. The van der Waals surface area contributed by atoms with Crippen LogP contribution in [-0.4, -0.2) is 41.8 Å². The molecular weight excluding hydrogens is 266 g/mol. The van der Waals surface area contributed by atoms with Gasteiger partial charge in [0.25, 0.3) is 0 Å². The quantitative estimate of drug-likeness (QED) is 0.906. The van der Waals surface area contributed by atoms with E-state index in [0.717, 1.165) is 6.54 Å². The second-order valence-electron chi connectivity index (χ2n) is 6.06. The molecule has 1 aliphatic heterocycles. The predicted molar refractivity (Wildman–Crippen MR) is 82.5 cm³/mol. The Balaban J connectivity index is 2.12. The molecule has 0 spiro atoms. The highest BCUT2D eigenvalue weighted by Crippen LogP contribution is 2.27. The molecular formula is C17H25NO3. The summed E-state index contributed by atoms with van der Waals surface area (Å²) in [5.74, 6) is -0.240. The van der Waals surface area contributed by atoms with Gasteiger partial charge in [0.05, 0.1) is 19.6 Å². The van der Waals surface area contributed by atoms with Crippen molar-refractivity contribution in [3.63, 3.8) is 0 Å². The van der Waals surface area contributed by atoms with Crippen molar-refractivity contribution in [1.29, 1.82) is 0 Å². The second kappa shape index (κ2) is 7.05. The average molecular weight is 291 g/mol. The predicted octanol–water partition coefficient (Wildman–Crippen LogP) is 3.05. The molecule has 0 bridgehead atoms. The second-order valence-corrected chi connectivity index (χ2v) is 6.06. The topological polar surface area (TPSA) is 49.8 Å². The summed E-state index contributed by atoms with van der Waals surface area (Å²) in [7, 11) is 0. The SMILES string of the molecule is CC(C)c1ccc(C(C)N2CCOCC2CC(=O)O)cc1. The van der Waals surface area contributed by atoms with Gasteiger partial charge in [0.1, 0.15) is 0 Å². The average Bonchev–Trinajstić information content (AvgIpc) is 2.46. The van der Waals surface area contributed by atoms with Crippen molar-refractivity contribution in [2.75, 3.05) is 19.8 Å². The summed E-state index contributed by atoms with van der Waals surface area (Å²) in [4.78, 5) is 13.3. The molecule has 4 heteroatoms. The smallest absolute Gasteiger partial charge is 0.305 e. The molecule has 0 amide bonds. The Morgan fingerprint density at radius 3 is 2.48 bits per heavy atom. The number of rotatable bonds is 5. The van der Waals surface area contributed by atoms with E-state index in [1.165, 1.54) is 11.1 Å². The van der Waals surface area contributed by atoms with E-state index in [1.807, 2.05) is 0 Å². The zero-order valence-corrected chi connectivity index (χ0v) is 13.1. The standard InChI is InChI=1S/C17H25NO3/c1-12(2)14-4-6-15(7-5-14)13(3)18-8-9-21-11-16(18)10-17(19)20/h4-7,12-13,16H,8-11H2,1-3H3,(H,19,20). The van der Waals surface area contributed by atoms with Gasteiger partial charge in [0.2, 0.25) is 0 Å². The monoisotopic (exact) mass is 291 g/mol. The number of hydrogen-bond donors (Lipinski definition) is 1. The molecule has 116 valence electrons. The number of benzene rings is 1. The van der Waals surface area contributed by atoms with Crippen LogP contribution in [-0.2, 0) is 9.53 Å². The Morgan fingerprint density at radius 1 is 1.29 bits per heavy atom. The van der Waals surface area contributed by atoms with E-state index in [-0.39, 0.29) is 18.5 Å². The van der Waals surface area contributed by atoms with Gasteiger partial charge >= 0.3 is 5.97 Å². The normalized spacial score (nSPS) is 21.4. The lowest BCUT2D eigenvalue weighted by Gasteiger charge is -2.39. The Labute approximate surface area is 126 Å². The molecule has 1 saturated heterocycles. The highest BCUT2D eigenvalue weighted by molar-refractivity contribution is 5.67. The van der Waals surface area contributed by atoms with Gasteiger partial charge in [-0.25, -0.2) is 0 Å². The molecule has 4 nitrogen and oxygen atoms in total. The van der Waals surface area contributed by atoms with E-state index in [2.05, 4.69) is 49.9 Å². The van der Waals surface area contributed by atoms with E-state index in [4.69, 9.17) is 9.84 Å². The first-order valence-corrected chi connectivity index (χ1v) is 7.64. The molecule has 1 fully saturated rings. The molecule has 0 saturated carbocycles. The molecule has 0 aliphatic carbocycles. The summed E-state index contributed by atoms with van der Waals surface area (Å²) in [6.45, 7) is 8.47. The van der Waals surface area contributed by atoms with Crippen LogP contribution in [0.5, 0.6) is 0 Å². The number of ether oxygens (including phenoxy) is 1. The molecule has 1 aromatic carbocycles. The maximum atomic E-state index is 11.0. The van der Waals surface area contributed by atoms with Gasteiger partial charge in [-0.3, -0.25) is 9.69 Å². The van der Waals surface area contributed by atoms with Crippen molar-refractivity contribution in [3.8, 4) is 0 Å². The molecule has 1 aromatic rings. The van der Waals surface area contributed by atoms with E-state index in [9.17, 15) is 4.79 Å². The minimum absolute atomic E-state index is 0.0453. The van der Waals surface area contributed by atoms with Crippen LogP contribution < -0.4 is 0 Å². The lowest BCUT2D eigenvalue weighted by atomic mass is 9.98. The lowest BCUT2D eigenvalue weighted by molar-refractivity contribution is -0.140. The maximum Gasteiger partial charge on any atom is 0.305 e. The van der Waals surface area contributed by atoms with Crippen LogP contribution in [0.3, 0.4) is 0 Å². The van der Waals surface area contributed by atoms with Crippen molar-refractivity contribution in [2.24, 2.45) is 0 Å². The summed E-state index contributed by atoms with van der Waals surface area (Å²) < 4.78 is 5.44. The van der Waals surface area contributed by atoms with Gasteiger partial charge in [0.15, 0.2) is 0 Å². The third kappa shape index (κ3) is 4.05. The van der Waals surface area contributed by atoms with E-state index >= 15 is 0 Å². The van der Waals surface area contributed by atoms with Crippen molar-refractivity contribution in [3.05, 3.63) is 35.4 Å². The number of hydrogen-bond acceptors (Lipinski definition) is 3. The Kier molecular flexibility index (Phi) is 5.37. The molecule has 2 unspecified atom stereocenters. The Bertz CT molecular complexity index is 469. The molecule has 1 heterocycles. The van der Waals surface area contributed by atoms with Crippen LogP contribution in [0.4, 0.5) is 0 Å². The number of morpholine rings is 1. The Morgan fingerprint density at radius 2 is 1.90 bits per heavy atom. The van der Waals surface area contributed by atoms with Crippen LogP contribution in [0.15, 0.2) is 24.3 Å². The molecule has 2 rings (SSSR count). The van der Waals surface area contributed by atoms with Crippen molar-refractivity contribution in [2.45, 2.75) is 45.2 Å². The van der Waals surface area contributed by atoms with Crippen LogP contribution >= 0.6 is 0 Å². The van der Waals surface area contributed by atoms with E-state index in [1.54, 1.807) is 0 Å². The summed E-state index contributed by atoms with van der Waals surface area (Å²) in [6.07, 6.45) is 0.133. The summed E-state index contributed by atoms with van der Waals surface area (Å²) in [6, 6.07) is 8.82. The fourth-order valence-electron chi connectivity index (χ4n) is 2.91. The number of carboxylic acids is 1. The van der Waals surface area contributed by atoms with Gasteiger partial charge < -0.3 is 9.84 Å². The summed E-state index contributed by atoms with van der Waals surface area (Å²) in [5, 5.41) is 9.05. The minimum atomic E-state index is -0.766. The number of nitrogens with zero attached hydrogens (tertiary/aromatic N) is 1. The highest BCUT2D eigenvalue weighted by atomic mass is 16.5. The van der Waals surface area contributed by atoms with E-state index < -0.39 is 5.97 Å². The fourth-order valence-corrected chi connectivity index (χ4v) is 2.91. The first-order valence-electron chi connectivity index (χ1n) is 7.64. The first kappa shape index (κ1) is 16.0. The van der Waals surface area contributed by atoms with Crippen LogP contribution in [0.2, 0.25) is 0 Å². The minimum Gasteiger partial charge on any atom is -0.481 e. The van der Waals surface area contributed by atoms with Crippen molar-refractivity contribution in [1.82, 2.24) is 4.90 Å². The molecule has 1 aliphatic rings. The number of aliphatic carboxylic acids is 1. The van der Waals surface area contributed by atoms with Crippen molar-refractivity contribution < 1.29 is 14.6 Å². The summed E-state index contributed by atoms with van der Waals surface area (Å²) in [5.41, 5.74) is 2.56. The zero-order chi connectivity index (χ0) is 15.4. The zero-order valence-electron chi connectivity index (χ0n) is 13.1. The van der Waals surface area contributed by atoms with Gasteiger partial charge in [-0.05, 0) is 24.0 Å². The van der Waals surface area contributed by atoms with Gasteiger partial charge in [0, 0.05) is 18.6 Å². The number of carbonyl (C=O) groups is 1. The van der Waals surface area contributed by atoms with Gasteiger partial charge in [-0.2, -0.15) is 0 Å². The molecule has 0 radical (unpaired) electrons.